The molecule has 0 saturated carbocycles. The molecule has 4 rings (SSSR count). The van der Waals surface area contributed by atoms with Crippen molar-refractivity contribution in [1.29, 1.82) is 0 Å². The van der Waals surface area contributed by atoms with E-state index in [0.29, 0.717) is 13.4 Å². The van der Waals surface area contributed by atoms with Crippen molar-refractivity contribution in [2.75, 3.05) is 0 Å². The lowest BCUT2D eigenvalue weighted by Gasteiger charge is -2.14. The second-order valence-corrected chi connectivity index (χ2v) is 5.32. The van der Waals surface area contributed by atoms with Crippen LogP contribution in [0.3, 0.4) is 0 Å². The van der Waals surface area contributed by atoms with E-state index in [-0.39, 0.29) is 0 Å². The van der Waals surface area contributed by atoms with Gasteiger partial charge < -0.3 is 9.68 Å². The van der Waals surface area contributed by atoms with Gasteiger partial charge in [-0.25, -0.2) is 4.98 Å². The first kappa shape index (κ1) is 14.5. The number of imidazole rings is 1. The normalized spacial score (nSPS) is 10.7. The molecule has 0 fully saturated rings. The van der Waals surface area contributed by atoms with Crippen LogP contribution in [0.1, 0.15) is 0 Å². The molecule has 3 aromatic carbocycles. The highest BCUT2D eigenvalue weighted by Crippen LogP contribution is 2.32. The third-order valence-electron chi connectivity index (χ3n) is 3.88. The molecular weight excluding hydrogens is 299 g/mol. The summed E-state index contributed by atoms with van der Waals surface area (Å²) in [6, 6.07) is 25.5. The molecule has 0 bridgehead atoms. The van der Waals surface area contributed by atoms with Crippen molar-refractivity contribution in [2.45, 2.75) is 0 Å². The van der Waals surface area contributed by atoms with Crippen LogP contribution in [0.25, 0.3) is 28.1 Å². The Balaban J connectivity index is 2.04. The van der Waals surface area contributed by atoms with Crippen LogP contribution < -0.4 is 4.65 Å². The van der Waals surface area contributed by atoms with Crippen LogP contribution in [0.5, 0.6) is 5.75 Å². The summed E-state index contributed by atoms with van der Waals surface area (Å²) in [6.07, 6.45) is 0. The van der Waals surface area contributed by atoms with Crippen molar-refractivity contribution in [1.82, 2.24) is 9.55 Å². The Morgan fingerprint density at radius 2 is 1.54 bits per heavy atom. The zero-order valence-electron chi connectivity index (χ0n) is 12.8. The molecule has 0 amide bonds. The van der Waals surface area contributed by atoms with E-state index in [1.807, 2.05) is 83.4 Å². The van der Waals surface area contributed by atoms with Gasteiger partial charge >= 0.3 is 7.69 Å². The van der Waals surface area contributed by atoms with E-state index in [1.54, 1.807) is 0 Å². The van der Waals surface area contributed by atoms with Crippen molar-refractivity contribution in [2.24, 2.45) is 0 Å². The average molecular weight is 313 g/mol. The third kappa shape index (κ3) is 2.45. The number of benzene rings is 3. The summed E-state index contributed by atoms with van der Waals surface area (Å²) in [4.78, 5) is 4.80. The Morgan fingerprint density at radius 1 is 0.833 bits per heavy atom. The summed E-state index contributed by atoms with van der Waals surface area (Å²) in [5.74, 6) is 1.38. The van der Waals surface area contributed by atoms with E-state index < -0.39 is 0 Å². The van der Waals surface area contributed by atoms with E-state index in [2.05, 4.69) is 0 Å². The summed E-state index contributed by atoms with van der Waals surface area (Å²) in [7, 11) is 0.695. The van der Waals surface area contributed by atoms with Gasteiger partial charge in [0.25, 0.3) is 0 Å². The number of nitrogens with zero attached hydrogens (tertiary/aromatic N) is 2. The second kappa shape index (κ2) is 6.22. The van der Waals surface area contributed by atoms with Crippen molar-refractivity contribution < 1.29 is 9.68 Å². The van der Waals surface area contributed by atoms with Gasteiger partial charge in [0, 0.05) is 5.56 Å². The lowest BCUT2D eigenvalue weighted by molar-refractivity contribution is 0.452. The maximum absolute atomic E-state index is 9.07. The first-order valence-corrected chi connectivity index (χ1v) is 7.63. The highest BCUT2D eigenvalue weighted by molar-refractivity contribution is 6.17. The Labute approximate surface area is 140 Å². The van der Waals surface area contributed by atoms with E-state index >= 15 is 0 Å². The summed E-state index contributed by atoms with van der Waals surface area (Å²) < 4.78 is 7.33. The standard InChI is InChI=1S/C19H14BN2O2/c23-20-24-18-13-7-6-12-17(18)22-16-11-5-4-10-15(16)21-19(22)14-8-2-1-3-9-14/h1-13,23H. The zero-order chi connectivity index (χ0) is 16.4. The number of aromatic nitrogens is 2. The van der Waals surface area contributed by atoms with Gasteiger partial charge in [0.15, 0.2) is 0 Å². The van der Waals surface area contributed by atoms with Gasteiger partial charge in [0.1, 0.15) is 11.6 Å². The van der Waals surface area contributed by atoms with Crippen molar-refractivity contribution in [3.8, 4) is 22.8 Å². The van der Waals surface area contributed by atoms with Gasteiger partial charge in [0.05, 0.1) is 16.7 Å². The maximum Gasteiger partial charge on any atom is 0.569 e. The molecule has 1 aromatic heterocycles. The topological polar surface area (TPSA) is 47.3 Å². The number of hydrogen-bond donors (Lipinski definition) is 1. The van der Waals surface area contributed by atoms with Crippen LogP contribution >= 0.6 is 0 Å². The molecule has 0 aliphatic carbocycles. The van der Waals surface area contributed by atoms with E-state index in [1.165, 1.54) is 0 Å². The van der Waals surface area contributed by atoms with Crippen LogP contribution in [-0.2, 0) is 0 Å². The molecule has 1 heterocycles. The molecule has 24 heavy (non-hydrogen) atoms. The molecule has 115 valence electrons. The fourth-order valence-electron chi connectivity index (χ4n) is 2.85. The Morgan fingerprint density at radius 3 is 2.38 bits per heavy atom. The van der Waals surface area contributed by atoms with E-state index in [9.17, 15) is 0 Å². The van der Waals surface area contributed by atoms with Gasteiger partial charge in [-0.1, -0.05) is 54.6 Å². The summed E-state index contributed by atoms with van der Waals surface area (Å²) >= 11 is 0. The average Bonchev–Trinajstić information content (AvgIpc) is 3.03. The molecule has 0 aliphatic heterocycles. The smallest absolute Gasteiger partial charge is 0.536 e. The quantitative estimate of drug-likeness (QED) is 0.586. The van der Waals surface area contributed by atoms with Gasteiger partial charge in [0.2, 0.25) is 0 Å². The summed E-state index contributed by atoms with van der Waals surface area (Å²) in [5.41, 5.74) is 3.70. The van der Waals surface area contributed by atoms with Gasteiger partial charge in [-0.05, 0) is 24.3 Å². The Bertz CT molecular complexity index is 983. The first-order valence-electron chi connectivity index (χ1n) is 7.63. The first-order chi connectivity index (χ1) is 11.9. The van der Waals surface area contributed by atoms with Crippen molar-refractivity contribution in [3.05, 3.63) is 78.9 Å². The predicted octanol–water partition coefficient (Wildman–Crippen LogP) is 3.60. The minimum atomic E-state index is 0.556. The third-order valence-corrected chi connectivity index (χ3v) is 3.88. The lowest BCUT2D eigenvalue weighted by Crippen LogP contribution is -2.05. The number of rotatable bonds is 4. The monoisotopic (exact) mass is 313 g/mol. The molecule has 0 unspecified atom stereocenters. The molecule has 5 heteroatoms. The molecule has 0 atom stereocenters. The largest absolute Gasteiger partial charge is 0.569 e. The highest BCUT2D eigenvalue weighted by Gasteiger charge is 2.16. The second-order valence-electron chi connectivity index (χ2n) is 5.32. The number of hydrogen-bond acceptors (Lipinski definition) is 3. The summed E-state index contributed by atoms with van der Waals surface area (Å²) in [5, 5.41) is 9.07. The van der Waals surface area contributed by atoms with E-state index in [0.717, 1.165) is 28.1 Å². The molecule has 4 aromatic rings. The number of para-hydroxylation sites is 4. The molecule has 1 radical (unpaired) electrons. The summed E-state index contributed by atoms with van der Waals surface area (Å²) in [6.45, 7) is 0. The molecule has 1 N–H and O–H groups in total. The molecule has 0 aliphatic rings. The minimum absolute atomic E-state index is 0.556. The highest BCUT2D eigenvalue weighted by atomic mass is 16.5. The molecule has 4 nitrogen and oxygen atoms in total. The SMILES string of the molecule is O[B]Oc1ccccc1-n1c(-c2ccccc2)nc2ccccc21. The zero-order valence-corrected chi connectivity index (χ0v) is 12.8. The molecular formula is C19H14BN2O2. The van der Waals surface area contributed by atoms with E-state index in [4.69, 9.17) is 14.7 Å². The van der Waals surface area contributed by atoms with Gasteiger partial charge in [-0.15, -0.1) is 0 Å². The lowest BCUT2D eigenvalue weighted by atomic mass is 10.2. The maximum atomic E-state index is 9.07. The fraction of sp³-hybridized carbons (Fsp3) is 0. The molecule has 0 spiro atoms. The van der Waals surface area contributed by atoms with Crippen molar-refractivity contribution >= 4 is 18.7 Å². The predicted molar refractivity (Wildman–Crippen MR) is 95.1 cm³/mol. The minimum Gasteiger partial charge on any atom is -0.536 e. The van der Waals surface area contributed by atoms with Crippen LogP contribution in [0.2, 0.25) is 0 Å². The number of fused-ring (bicyclic) bond motifs is 1. The van der Waals surface area contributed by atoms with Crippen LogP contribution in [-0.4, -0.2) is 22.3 Å². The van der Waals surface area contributed by atoms with Crippen LogP contribution in [0.4, 0.5) is 0 Å². The Hall–Kier alpha value is -3.05. The fourth-order valence-corrected chi connectivity index (χ4v) is 2.85. The van der Waals surface area contributed by atoms with Crippen molar-refractivity contribution in [3.63, 3.8) is 0 Å². The van der Waals surface area contributed by atoms with Crippen LogP contribution in [0.15, 0.2) is 78.9 Å². The Kier molecular flexibility index (Phi) is 3.77. The van der Waals surface area contributed by atoms with Gasteiger partial charge in [-0.2, -0.15) is 0 Å². The molecule has 0 saturated heterocycles. The van der Waals surface area contributed by atoms with Crippen LogP contribution in [0, 0.1) is 0 Å². The van der Waals surface area contributed by atoms with Gasteiger partial charge in [-0.3, -0.25) is 4.57 Å².